The van der Waals surface area contributed by atoms with Crippen molar-refractivity contribution in [2.24, 2.45) is 0 Å². The SMILES string of the molecule is COc1ccc(-c2csc(COCc3ccccc3)n2)cc1Cl. The third-order valence-electron chi connectivity index (χ3n) is 3.34. The number of nitrogens with zero attached hydrogens (tertiary/aromatic N) is 1. The average Bonchev–Trinajstić information content (AvgIpc) is 3.05. The van der Waals surface area contributed by atoms with E-state index < -0.39 is 0 Å². The van der Waals surface area contributed by atoms with Gasteiger partial charge >= 0.3 is 0 Å². The molecule has 118 valence electrons. The number of benzene rings is 2. The van der Waals surface area contributed by atoms with E-state index in [-0.39, 0.29) is 0 Å². The maximum absolute atomic E-state index is 6.16. The zero-order valence-electron chi connectivity index (χ0n) is 12.7. The van der Waals surface area contributed by atoms with Crippen LogP contribution in [0.4, 0.5) is 0 Å². The van der Waals surface area contributed by atoms with Crippen molar-refractivity contribution in [1.82, 2.24) is 4.98 Å². The van der Waals surface area contributed by atoms with E-state index in [1.165, 1.54) is 0 Å². The van der Waals surface area contributed by atoms with Crippen LogP contribution < -0.4 is 4.74 Å². The Kier molecular flexibility index (Phi) is 5.28. The van der Waals surface area contributed by atoms with Gasteiger partial charge in [-0.3, -0.25) is 0 Å². The largest absolute Gasteiger partial charge is 0.495 e. The Morgan fingerprint density at radius 1 is 1.09 bits per heavy atom. The van der Waals surface area contributed by atoms with Gasteiger partial charge in [-0.05, 0) is 23.8 Å². The Labute approximate surface area is 144 Å². The molecule has 2 aromatic carbocycles. The summed E-state index contributed by atoms with van der Waals surface area (Å²) >= 11 is 7.75. The second-order valence-electron chi connectivity index (χ2n) is 4.95. The van der Waals surface area contributed by atoms with Gasteiger partial charge in [-0.15, -0.1) is 11.3 Å². The molecule has 0 spiro atoms. The molecule has 23 heavy (non-hydrogen) atoms. The van der Waals surface area contributed by atoms with Crippen LogP contribution in [0.25, 0.3) is 11.3 Å². The van der Waals surface area contributed by atoms with E-state index >= 15 is 0 Å². The fraction of sp³-hybridized carbons (Fsp3) is 0.167. The highest BCUT2D eigenvalue weighted by Gasteiger charge is 2.08. The van der Waals surface area contributed by atoms with Crippen LogP contribution >= 0.6 is 22.9 Å². The Bertz CT molecular complexity index is 774. The average molecular weight is 346 g/mol. The minimum absolute atomic E-state index is 0.503. The maximum atomic E-state index is 6.16. The lowest BCUT2D eigenvalue weighted by Gasteiger charge is -2.04. The van der Waals surface area contributed by atoms with Gasteiger partial charge in [0.05, 0.1) is 31.0 Å². The predicted molar refractivity (Wildman–Crippen MR) is 94.0 cm³/mol. The number of ether oxygens (including phenoxy) is 2. The molecule has 0 fully saturated rings. The maximum Gasteiger partial charge on any atom is 0.137 e. The molecule has 0 aliphatic heterocycles. The summed E-state index contributed by atoms with van der Waals surface area (Å²) in [6.07, 6.45) is 0. The van der Waals surface area contributed by atoms with E-state index in [0.29, 0.717) is 24.0 Å². The monoisotopic (exact) mass is 345 g/mol. The Morgan fingerprint density at radius 3 is 2.65 bits per heavy atom. The lowest BCUT2D eigenvalue weighted by atomic mass is 10.2. The van der Waals surface area contributed by atoms with Gasteiger partial charge in [0.2, 0.25) is 0 Å². The fourth-order valence-corrected chi connectivity index (χ4v) is 3.16. The summed E-state index contributed by atoms with van der Waals surface area (Å²) in [6.45, 7) is 1.09. The first-order valence-corrected chi connectivity index (χ1v) is 8.42. The summed E-state index contributed by atoms with van der Waals surface area (Å²) in [6, 6.07) is 15.8. The highest BCUT2D eigenvalue weighted by atomic mass is 35.5. The van der Waals surface area contributed by atoms with Gasteiger partial charge in [-0.1, -0.05) is 41.9 Å². The first-order chi connectivity index (χ1) is 11.3. The molecule has 3 rings (SSSR count). The standard InChI is InChI=1S/C18H16ClNO2S/c1-21-17-8-7-14(9-15(17)19)16-12-23-18(20-16)11-22-10-13-5-3-2-4-6-13/h2-9,12H,10-11H2,1H3. The molecule has 0 saturated carbocycles. The molecule has 0 aliphatic rings. The first kappa shape index (κ1) is 16.0. The number of aromatic nitrogens is 1. The number of halogens is 1. The van der Waals surface area contributed by atoms with Gasteiger partial charge in [0.15, 0.2) is 0 Å². The zero-order chi connectivity index (χ0) is 16.1. The third-order valence-corrected chi connectivity index (χ3v) is 4.45. The van der Waals surface area contributed by atoms with Crippen molar-refractivity contribution in [2.75, 3.05) is 7.11 Å². The van der Waals surface area contributed by atoms with E-state index in [1.54, 1.807) is 18.4 Å². The summed E-state index contributed by atoms with van der Waals surface area (Å²) in [4.78, 5) is 4.60. The van der Waals surface area contributed by atoms with Crippen LogP contribution in [0.3, 0.4) is 0 Å². The normalized spacial score (nSPS) is 10.7. The summed E-state index contributed by atoms with van der Waals surface area (Å²) < 4.78 is 10.9. The fourth-order valence-electron chi connectivity index (χ4n) is 2.17. The minimum Gasteiger partial charge on any atom is -0.495 e. The molecule has 1 heterocycles. The van der Waals surface area contributed by atoms with E-state index in [9.17, 15) is 0 Å². The minimum atomic E-state index is 0.503. The summed E-state index contributed by atoms with van der Waals surface area (Å²) in [5.41, 5.74) is 3.03. The lowest BCUT2D eigenvalue weighted by molar-refractivity contribution is 0.107. The number of methoxy groups -OCH3 is 1. The predicted octanol–water partition coefficient (Wildman–Crippen LogP) is 5.19. The molecule has 3 nitrogen and oxygen atoms in total. The van der Waals surface area contributed by atoms with Gasteiger partial charge in [0.25, 0.3) is 0 Å². The highest BCUT2D eigenvalue weighted by molar-refractivity contribution is 7.09. The molecule has 0 radical (unpaired) electrons. The molecule has 0 atom stereocenters. The van der Waals surface area contributed by atoms with Crippen LogP contribution in [0.1, 0.15) is 10.6 Å². The molecule has 0 aliphatic carbocycles. The topological polar surface area (TPSA) is 31.4 Å². The van der Waals surface area contributed by atoms with Gasteiger partial charge in [0, 0.05) is 10.9 Å². The molecule has 0 bridgehead atoms. The summed E-state index contributed by atoms with van der Waals surface area (Å²) in [5, 5.41) is 3.54. The van der Waals surface area contributed by atoms with Crippen molar-refractivity contribution in [3.63, 3.8) is 0 Å². The smallest absolute Gasteiger partial charge is 0.137 e. The molecule has 5 heteroatoms. The van der Waals surface area contributed by atoms with Crippen LogP contribution in [0.15, 0.2) is 53.9 Å². The molecule has 0 unspecified atom stereocenters. The second-order valence-corrected chi connectivity index (χ2v) is 6.30. The molecule has 0 amide bonds. The van der Waals surface area contributed by atoms with Gasteiger partial charge in [-0.25, -0.2) is 4.98 Å². The van der Waals surface area contributed by atoms with E-state index in [1.807, 2.05) is 53.9 Å². The third kappa shape index (κ3) is 4.10. The van der Waals surface area contributed by atoms with Crippen LogP contribution in [0, 0.1) is 0 Å². The van der Waals surface area contributed by atoms with Crippen molar-refractivity contribution in [2.45, 2.75) is 13.2 Å². The van der Waals surface area contributed by atoms with Crippen molar-refractivity contribution >= 4 is 22.9 Å². The van der Waals surface area contributed by atoms with E-state index in [2.05, 4.69) is 4.98 Å². The van der Waals surface area contributed by atoms with Crippen LogP contribution in [0.5, 0.6) is 5.75 Å². The number of hydrogen-bond donors (Lipinski definition) is 0. The Hall–Kier alpha value is -1.88. The quantitative estimate of drug-likeness (QED) is 0.616. The van der Waals surface area contributed by atoms with Crippen LogP contribution in [0.2, 0.25) is 5.02 Å². The first-order valence-electron chi connectivity index (χ1n) is 7.16. The number of hydrogen-bond acceptors (Lipinski definition) is 4. The van der Waals surface area contributed by atoms with Crippen molar-refractivity contribution in [3.05, 3.63) is 69.5 Å². The van der Waals surface area contributed by atoms with Gasteiger partial charge in [0.1, 0.15) is 10.8 Å². The van der Waals surface area contributed by atoms with Crippen LogP contribution in [-0.4, -0.2) is 12.1 Å². The summed E-state index contributed by atoms with van der Waals surface area (Å²) in [5.74, 6) is 0.664. The van der Waals surface area contributed by atoms with Gasteiger partial charge in [-0.2, -0.15) is 0 Å². The number of thiazole rings is 1. The van der Waals surface area contributed by atoms with Crippen LogP contribution in [-0.2, 0) is 18.0 Å². The molecule has 3 aromatic rings. The molecular weight excluding hydrogens is 330 g/mol. The molecular formula is C18H16ClNO2S. The van der Waals surface area contributed by atoms with Gasteiger partial charge < -0.3 is 9.47 Å². The molecule has 1 aromatic heterocycles. The Balaban J connectivity index is 1.63. The number of rotatable bonds is 6. The highest BCUT2D eigenvalue weighted by Crippen LogP contribution is 2.30. The van der Waals surface area contributed by atoms with E-state index in [0.717, 1.165) is 21.8 Å². The molecule has 0 saturated heterocycles. The molecule has 0 N–H and O–H groups in total. The summed E-state index contributed by atoms with van der Waals surface area (Å²) in [7, 11) is 1.60. The van der Waals surface area contributed by atoms with Crippen molar-refractivity contribution in [3.8, 4) is 17.0 Å². The second kappa shape index (κ2) is 7.59. The van der Waals surface area contributed by atoms with Crippen molar-refractivity contribution in [1.29, 1.82) is 0 Å². The Morgan fingerprint density at radius 2 is 1.91 bits per heavy atom. The van der Waals surface area contributed by atoms with E-state index in [4.69, 9.17) is 21.1 Å². The van der Waals surface area contributed by atoms with Crippen molar-refractivity contribution < 1.29 is 9.47 Å². The zero-order valence-corrected chi connectivity index (χ0v) is 14.2. The lowest BCUT2D eigenvalue weighted by Crippen LogP contribution is -1.93.